The fourth-order valence-electron chi connectivity index (χ4n) is 2.56. The molecule has 0 radical (unpaired) electrons. The number of hydrogen-bond donors (Lipinski definition) is 1. The van der Waals surface area contributed by atoms with Crippen LogP contribution < -0.4 is 5.73 Å². The highest BCUT2D eigenvalue weighted by Crippen LogP contribution is 2.20. The molecule has 1 unspecified atom stereocenters. The second-order valence-corrected chi connectivity index (χ2v) is 4.94. The highest BCUT2D eigenvalue weighted by molar-refractivity contribution is 5.19. The predicted molar refractivity (Wildman–Crippen MR) is 70.1 cm³/mol. The molecule has 1 aromatic heterocycles. The lowest BCUT2D eigenvalue weighted by Crippen LogP contribution is -2.26. The topological polar surface area (TPSA) is 56.7 Å². The van der Waals surface area contributed by atoms with Crippen LogP contribution in [0.25, 0.3) is 0 Å². The molecule has 0 aliphatic carbocycles. The third-order valence-corrected chi connectivity index (χ3v) is 3.67. The van der Waals surface area contributed by atoms with Gasteiger partial charge in [0.1, 0.15) is 11.6 Å². The van der Waals surface area contributed by atoms with Crippen molar-refractivity contribution in [2.24, 2.45) is 11.7 Å². The van der Waals surface area contributed by atoms with Gasteiger partial charge in [0, 0.05) is 19.4 Å². The summed E-state index contributed by atoms with van der Waals surface area (Å²) < 4.78 is 2.26. The summed E-state index contributed by atoms with van der Waals surface area (Å²) in [4.78, 5) is 0. The van der Waals surface area contributed by atoms with E-state index in [1.54, 1.807) is 0 Å². The van der Waals surface area contributed by atoms with Gasteiger partial charge in [-0.2, -0.15) is 0 Å². The Labute approximate surface area is 107 Å². The van der Waals surface area contributed by atoms with E-state index in [1.165, 1.54) is 5.56 Å². The molecule has 4 nitrogen and oxygen atoms in total. The first kappa shape index (κ1) is 11.4. The molecule has 1 aliphatic heterocycles. The Morgan fingerprint density at radius 2 is 2.06 bits per heavy atom. The minimum Gasteiger partial charge on any atom is -0.330 e. The largest absolute Gasteiger partial charge is 0.330 e. The van der Waals surface area contributed by atoms with Gasteiger partial charge in [0.25, 0.3) is 0 Å². The maximum atomic E-state index is 5.73. The van der Waals surface area contributed by atoms with Crippen molar-refractivity contribution in [2.45, 2.75) is 25.8 Å². The van der Waals surface area contributed by atoms with Crippen LogP contribution in [0.5, 0.6) is 0 Å². The summed E-state index contributed by atoms with van der Waals surface area (Å²) in [6, 6.07) is 10.4. The minimum atomic E-state index is 0.575. The van der Waals surface area contributed by atoms with Gasteiger partial charge in [-0.3, -0.25) is 0 Å². The highest BCUT2D eigenvalue weighted by Gasteiger charge is 2.21. The van der Waals surface area contributed by atoms with E-state index in [1.807, 2.05) is 6.07 Å². The SMILES string of the molecule is NCC1CCn2c(Cc3ccccc3)nnc2C1. The number of benzene rings is 1. The third kappa shape index (κ3) is 2.16. The Hall–Kier alpha value is -1.68. The zero-order chi connectivity index (χ0) is 12.4. The van der Waals surface area contributed by atoms with Crippen molar-refractivity contribution >= 4 is 0 Å². The van der Waals surface area contributed by atoms with E-state index in [2.05, 4.69) is 39.0 Å². The van der Waals surface area contributed by atoms with Gasteiger partial charge in [-0.15, -0.1) is 10.2 Å². The Morgan fingerprint density at radius 3 is 2.83 bits per heavy atom. The normalized spacial score (nSPS) is 18.6. The van der Waals surface area contributed by atoms with Crippen molar-refractivity contribution in [2.75, 3.05) is 6.54 Å². The number of nitrogens with zero attached hydrogens (tertiary/aromatic N) is 3. The number of hydrogen-bond acceptors (Lipinski definition) is 3. The van der Waals surface area contributed by atoms with E-state index in [9.17, 15) is 0 Å². The maximum Gasteiger partial charge on any atom is 0.137 e. The lowest BCUT2D eigenvalue weighted by Gasteiger charge is -2.22. The number of aromatic nitrogens is 3. The monoisotopic (exact) mass is 242 g/mol. The van der Waals surface area contributed by atoms with Crippen molar-refractivity contribution in [3.05, 3.63) is 47.5 Å². The quantitative estimate of drug-likeness (QED) is 0.885. The molecular weight excluding hydrogens is 224 g/mol. The summed E-state index contributed by atoms with van der Waals surface area (Å²) in [7, 11) is 0. The molecule has 94 valence electrons. The lowest BCUT2D eigenvalue weighted by atomic mass is 9.98. The number of fused-ring (bicyclic) bond motifs is 1. The van der Waals surface area contributed by atoms with Crippen molar-refractivity contribution < 1.29 is 0 Å². The van der Waals surface area contributed by atoms with E-state index in [-0.39, 0.29) is 0 Å². The van der Waals surface area contributed by atoms with Crippen LogP contribution in [-0.4, -0.2) is 21.3 Å². The Kier molecular flexibility index (Phi) is 3.11. The molecule has 2 heterocycles. The molecule has 18 heavy (non-hydrogen) atoms. The van der Waals surface area contributed by atoms with Gasteiger partial charge in [0.05, 0.1) is 0 Å². The predicted octanol–water partition coefficient (Wildman–Crippen LogP) is 1.39. The smallest absolute Gasteiger partial charge is 0.137 e. The van der Waals surface area contributed by atoms with E-state index >= 15 is 0 Å². The Balaban J connectivity index is 1.81. The van der Waals surface area contributed by atoms with E-state index in [0.29, 0.717) is 5.92 Å². The lowest BCUT2D eigenvalue weighted by molar-refractivity contribution is 0.385. The van der Waals surface area contributed by atoms with Crippen LogP contribution in [0.2, 0.25) is 0 Å². The van der Waals surface area contributed by atoms with Crippen molar-refractivity contribution in [3.63, 3.8) is 0 Å². The Bertz CT molecular complexity index is 518. The number of rotatable bonds is 3. The first-order valence-corrected chi connectivity index (χ1v) is 6.51. The van der Waals surface area contributed by atoms with Gasteiger partial charge in [0.2, 0.25) is 0 Å². The third-order valence-electron chi connectivity index (χ3n) is 3.67. The highest BCUT2D eigenvalue weighted by atomic mass is 15.3. The van der Waals surface area contributed by atoms with Crippen LogP contribution in [0.15, 0.2) is 30.3 Å². The first-order chi connectivity index (χ1) is 8.86. The molecular formula is C14H18N4. The second-order valence-electron chi connectivity index (χ2n) is 4.94. The zero-order valence-corrected chi connectivity index (χ0v) is 10.4. The van der Waals surface area contributed by atoms with Gasteiger partial charge >= 0.3 is 0 Å². The molecule has 3 rings (SSSR count). The fraction of sp³-hybridized carbons (Fsp3) is 0.429. The first-order valence-electron chi connectivity index (χ1n) is 6.51. The van der Waals surface area contributed by atoms with Gasteiger partial charge < -0.3 is 10.3 Å². The molecule has 0 fully saturated rings. The fourth-order valence-corrected chi connectivity index (χ4v) is 2.56. The average Bonchev–Trinajstić information content (AvgIpc) is 2.82. The molecule has 4 heteroatoms. The molecule has 0 saturated heterocycles. The molecule has 0 bridgehead atoms. The molecule has 0 saturated carbocycles. The minimum absolute atomic E-state index is 0.575. The molecule has 0 spiro atoms. The van der Waals surface area contributed by atoms with Gasteiger partial charge in [-0.1, -0.05) is 30.3 Å². The van der Waals surface area contributed by atoms with Crippen LogP contribution >= 0.6 is 0 Å². The van der Waals surface area contributed by atoms with Crippen molar-refractivity contribution in [3.8, 4) is 0 Å². The molecule has 0 amide bonds. The van der Waals surface area contributed by atoms with Crippen LogP contribution in [-0.2, 0) is 19.4 Å². The maximum absolute atomic E-state index is 5.73. The molecule has 1 aromatic carbocycles. The Morgan fingerprint density at radius 1 is 1.22 bits per heavy atom. The van der Waals surface area contributed by atoms with E-state index in [0.717, 1.165) is 44.0 Å². The summed E-state index contributed by atoms with van der Waals surface area (Å²) in [5, 5.41) is 8.64. The molecule has 1 atom stereocenters. The van der Waals surface area contributed by atoms with Crippen LogP contribution in [0.3, 0.4) is 0 Å². The summed E-state index contributed by atoms with van der Waals surface area (Å²) >= 11 is 0. The van der Waals surface area contributed by atoms with E-state index in [4.69, 9.17) is 5.73 Å². The average molecular weight is 242 g/mol. The van der Waals surface area contributed by atoms with Crippen molar-refractivity contribution in [1.82, 2.24) is 14.8 Å². The zero-order valence-electron chi connectivity index (χ0n) is 10.4. The summed E-state index contributed by atoms with van der Waals surface area (Å²) in [5.74, 6) is 2.75. The van der Waals surface area contributed by atoms with Gasteiger partial charge in [0.15, 0.2) is 0 Å². The molecule has 2 N–H and O–H groups in total. The summed E-state index contributed by atoms with van der Waals surface area (Å²) in [5.41, 5.74) is 7.02. The second kappa shape index (κ2) is 4.90. The standard InChI is InChI=1S/C14H18N4/c15-10-12-6-7-18-13(16-17-14(18)9-12)8-11-4-2-1-3-5-11/h1-5,12H,6-10,15H2. The van der Waals surface area contributed by atoms with Crippen LogP contribution in [0, 0.1) is 5.92 Å². The van der Waals surface area contributed by atoms with Gasteiger partial charge in [-0.05, 0) is 24.4 Å². The summed E-state index contributed by atoms with van der Waals surface area (Å²) in [6.07, 6.45) is 2.97. The van der Waals surface area contributed by atoms with Crippen LogP contribution in [0.1, 0.15) is 23.6 Å². The molecule has 2 aromatic rings. The number of nitrogens with two attached hydrogens (primary N) is 1. The summed E-state index contributed by atoms with van der Waals surface area (Å²) in [6.45, 7) is 1.76. The van der Waals surface area contributed by atoms with Gasteiger partial charge in [-0.25, -0.2) is 0 Å². The molecule has 1 aliphatic rings. The van der Waals surface area contributed by atoms with Crippen molar-refractivity contribution in [1.29, 1.82) is 0 Å². The van der Waals surface area contributed by atoms with Crippen LogP contribution in [0.4, 0.5) is 0 Å². The van der Waals surface area contributed by atoms with E-state index < -0.39 is 0 Å².